The van der Waals surface area contributed by atoms with Gasteiger partial charge in [0.25, 0.3) is 5.91 Å². The number of carbonyl (C=O) groups excluding carboxylic acids is 1. The van der Waals surface area contributed by atoms with Gasteiger partial charge in [0.2, 0.25) is 0 Å². The predicted molar refractivity (Wildman–Crippen MR) is 66.7 cm³/mol. The molecule has 0 aliphatic rings. The van der Waals surface area contributed by atoms with Crippen molar-refractivity contribution in [2.75, 3.05) is 0 Å². The second kappa shape index (κ2) is 5.61. The lowest BCUT2D eigenvalue weighted by atomic mass is 10.1. The number of rotatable bonds is 3. The van der Waals surface area contributed by atoms with Crippen LogP contribution < -0.4 is 5.32 Å². The fourth-order valence-electron chi connectivity index (χ4n) is 1.52. The average molecular weight is 349 g/mol. The number of nitrogens with one attached hydrogen (secondary N) is 2. The number of carbonyl (C=O) groups is 1. The maximum absolute atomic E-state index is 12.9. The summed E-state index contributed by atoms with van der Waals surface area (Å²) in [7, 11) is 0. The molecule has 0 saturated carbocycles. The molecule has 1 aromatic heterocycles. The Kier molecular flexibility index (Phi) is 4.07. The van der Waals surface area contributed by atoms with Gasteiger partial charge in [0, 0.05) is 4.47 Å². The van der Waals surface area contributed by atoms with Crippen LogP contribution >= 0.6 is 15.9 Å². The summed E-state index contributed by atoms with van der Waals surface area (Å²) < 4.78 is 38.9. The van der Waals surface area contributed by atoms with Gasteiger partial charge in [-0.25, -0.2) is 4.98 Å². The second-order valence-electron chi connectivity index (χ2n) is 3.80. The van der Waals surface area contributed by atoms with Crippen molar-refractivity contribution in [3.8, 4) is 0 Å². The molecule has 9 heteroatoms. The number of hydrogen-bond donors (Lipinski definition) is 2. The molecule has 0 bridgehead atoms. The number of hydrogen-bond acceptors (Lipinski definition) is 3. The fourth-order valence-corrected chi connectivity index (χ4v) is 1.89. The van der Waals surface area contributed by atoms with Crippen molar-refractivity contribution in [2.24, 2.45) is 0 Å². The molecule has 1 heterocycles. The molecule has 2 rings (SSSR count). The summed E-state index contributed by atoms with van der Waals surface area (Å²) >= 11 is 2.95. The van der Waals surface area contributed by atoms with E-state index in [1.807, 2.05) is 0 Å². The molecule has 0 aliphatic heterocycles. The first kappa shape index (κ1) is 14.5. The number of H-pyrrole nitrogens is 1. The number of amides is 1. The van der Waals surface area contributed by atoms with Crippen LogP contribution in [0.3, 0.4) is 0 Å². The minimum Gasteiger partial charge on any atom is -0.345 e. The summed E-state index contributed by atoms with van der Waals surface area (Å²) in [5, 5.41) is 8.41. The largest absolute Gasteiger partial charge is 0.417 e. The Balaban J connectivity index is 2.21. The van der Waals surface area contributed by atoms with Gasteiger partial charge in [-0.2, -0.15) is 18.3 Å². The van der Waals surface area contributed by atoms with Crippen LogP contribution in [0, 0.1) is 0 Å². The highest BCUT2D eigenvalue weighted by Crippen LogP contribution is 2.33. The summed E-state index contributed by atoms with van der Waals surface area (Å²) in [6, 6.07) is 3.35. The molecule has 2 aromatic rings. The Hall–Kier alpha value is -1.90. The van der Waals surface area contributed by atoms with Gasteiger partial charge in [-0.15, -0.1) is 0 Å². The number of aromatic amines is 1. The minimum atomic E-state index is -4.61. The first-order valence-electron chi connectivity index (χ1n) is 5.37. The van der Waals surface area contributed by atoms with E-state index in [2.05, 4.69) is 36.4 Å². The number of alkyl halides is 3. The van der Waals surface area contributed by atoms with Crippen molar-refractivity contribution >= 4 is 21.8 Å². The predicted octanol–water partition coefficient (Wildman–Crippen LogP) is 2.52. The number of benzene rings is 1. The number of aromatic nitrogens is 3. The molecule has 1 amide bonds. The highest BCUT2D eigenvalue weighted by molar-refractivity contribution is 9.10. The number of halogens is 4. The molecular weight excluding hydrogens is 341 g/mol. The zero-order valence-corrected chi connectivity index (χ0v) is 11.4. The third kappa shape index (κ3) is 3.35. The highest BCUT2D eigenvalue weighted by atomic mass is 79.9. The van der Waals surface area contributed by atoms with E-state index in [4.69, 9.17) is 0 Å². The van der Waals surface area contributed by atoms with Gasteiger partial charge in [0.1, 0.15) is 12.2 Å². The molecular formula is C11H8BrF3N4O. The van der Waals surface area contributed by atoms with E-state index in [1.54, 1.807) is 0 Å². The lowest BCUT2D eigenvalue weighted by molar-refractivity contribution is -0.138. The van der Waals surface area contributed by atoms with Gasteiger partial charge in [-0.1, -0.05) is 15.9 Å². The highest BCUT2D eigenvalue weighted by Gasteiger charge is 2.35. The summed E-state index contributed by atoms with van der Waals surface area (Å²) in [5.74, 6) is -0.481. The van der Waals surface area contributed by atoms with Crippen LogP contribution in [-0.2, 0) is 12.7 Å². The summed E-state index contributed by atoms with van der Waals surface area (Å²) in [5.41, 5.74) is -1.44. The first-order chi connectivity index (χ1) is 9.38. The lowest BCUT2D eigenvalue weighted by Crippen LogP contribution is -2.26. The maximum Gasteiger partial charge on any atom is 0.417 e. The smallest absolute Gasteiger partial charge is 0.345 e. The van der Waals surface area contributed by atoms with Crippen molar-refractivity contribution < 1.29 is 18.0 Å². The summed E-state index contributed by atoms with van der Waals surface area (Å²) in [4.78, 5) is 15.6. The molecule has 0 fully saturated rings. The summed E-state index contributed by atoms with van der Waals surface area (Å²) in [6.45, 7) is -0.0355. The molecule has 106 valence electrons. The molecule has 1 aromatic carbocycles. The molecule has 0 radical (unpaired) electrons. The first-order valence-corrected chi connectivity index (χ1v) is 6.16. The zero-order valence-electron chi connectivity index (χ0n) is 9.83. The molecule has 5 nitrogen and oxygen atoms in total. The molecule has 2 N–H and O–H groups in total. The van der Waals surface area contributed by atoms with Crippen LogP contribution in [0.2, 0.25) is 0 Å². The van der Waals surface area contributed by atoms with E-state index in [0.717, 1.165) is 12.1 Å². The molecule has 0 atom stereocenters. The molecule has 20 heavy (non-hydrogen) atoms. The zero-order chi connectivity index (χ0) is 14.8. The second-order valence-corrected chi connectivity index (χ2v) is 4.72. The molecule has 0 saturated heterocycles. The van der Waals surface area contributed by atoms with Gasteiger partial charge in [0.15, 0.2) is 0 Å². The van der Waals surface area contributed by atoms with Crippen molar-refractivity contribution in [1.82, 2.24) is 20.5 Å². The third-order valence-electron chi connectivity index (χ3n) is 2.41. The summed E-state index contributed by atoms with van der Waals surface area (Å²) in [6.07, 6.45) is -3.37. The average Bonchev–Trinajstić information content (AvgIpc) is 2.88. The van der Waals surface area contributed by atoms with Crippen molar-refractivity contribution in [1.29, 1.82) is 0 Å². The van der Waals surface area contributed by atoms with Gasteiger partial charge in [-0.3, -0.25) is 9.89 Å². The standard InChI is InChI=1S/C11H8BrF3N4O/c12-6-1-2-7(8(3-6)11(13,14)15)10(20)16-4-9-17-5-18-19-9/h1-3,5H,4H2,(H,16,20)(H,17,18,19). The van der Waals surface area contributed by atoms with Crippen LogP contribution in [-0.4, -0.2) is 21.1 Å². The van der Waals surface area contributed by atoms with Crippen LogP contribution in [0.25, 0.3) is 0 Å². The van der Waals surface area contributed by atoms with Crippen LogP contribution in [0.1, 0.15) is 21.7 Å². The quantitative estimate of drug-likeness (QED) is 0.895. The van der Waals surface area contributed by atoms with E-state index in [1.165, 1.54) is 12.4 Å². The Labute approximate surface area is 119 Å². The van der Waals surface area contributed by atoms with E-state index >= 15 is 0 Å². The van der Waals surface area contributed by atoms with Gasteiger partial charge in [0.05, 0.1) is 17.7 Å². The van der Waals surface area contributed by atoms with Gasteiger partial charge < -0.3 is 5.32 Å². The topological polar surface area (TPSA) is 70.7 Å². The Morgan fingerprint density at radius 2 is 2.15 bits per heavy atom. The van der Waals surface area contributed by atoms with E-state index < -0.39 is 23.2 Å². The molecule has 0 spiro atoms. The Bertz CT molecular complexity index is 613. The molecule has 0 aliphatic carbocycles. The van der Waals surface area contributed by atoms with Gasteiger partial charge in [-0.05, 0) is 18.2 Å². The van der Waals surface area contributed by atoms with Crippen molar-refractivity contribution in [2.45, 2.75) is 12.7 Å². The SMILES string of the molecule is O=C(NCc1ncn[nH]1)c1ccc(Br)cc1C(F)(F)F. The Morgan fingerprint density at radius 3 is 2.75 bits per heavy atom. The van der Waals surface area contributed by atoms with Crippen LogP contribution in [0.15, 0.2) is 29.0 Å². The van der Waals surface area contributed by atoms with Crippen LogP contribution in [0.4, 0.5) is 13.2 Å². The van der Waals surface area contributed by atoms with E-state index in [0.29, 0.717) is 5.82 Å². The van der Waals surface area contributed by atoms with Crippen molar-refractivity contribution in [3.05, 3.63) is 46.0 Å². The van der Waals surface area contributed by atoms with E-state index in [9.17, 15) is 18.0 Å². The van der Waals surface area contributed by atoms with Gasteiger partial charge >= 0.3 is 6.18 Å². The minimum absolute atomic E-state index is 0.0355. The monoisotopic (exact) mass is 348 g/mol. The Morgan fingerprint density at radius 1 is 1.40 bits per heavy atom. The third-order valence-corrected chi connectivity index (χ3v) is 2.91. The lowest BCUT2D eigenvalue weighted by Gasteiger charge is -2.12. The molecule has 0 unspecified atom stereocenters. The number of nitrogens with zero attached hydrogens (tertiary/aromatic N) is 2. The van der Waals surface area contributed by atoms with E-state index in [-0.39, 0.29) is 11.0 Å². The van der Waals surface area contributed by atoms with Crippen LogP contribution in [0.5, 0.6) is 0 Å². The maximum atomic E-state index is 12.9. The van der Waals surface area contributed by atoms with Crippen molar-refractivity contribution in [3.63, 3.8) is 0 Å². The fraction of sp³-hybridized carbons (Fsp3) is 0.182. The normalized spacial score (nSPS) is 11.4.